The van der Waals surface area contributed by atoms with Crippen LogP contribution in [0.4, 0.5) is 0 Å². The van der Waals surface area contributed by atoms with E-state index < -0.39 is 0 Å². The summed E-state index contributed by atoms with van der Waals surface area (Å²) >= 11 is 6.23. The molecule has 96 valence electrons. The average Bonchev–Trinajstić information content (AvgIpc) is 2.28. The Hall–Kier alpha value is -0.570. The third-order valence-corrected chi connectivity index (χ3v) is 3.68. The zero-order chi connectivity index (χ0) is 13.1. The summed E-state index contributed by atoms with van der Waals surface area (Å²) in [6, 6.07) is 8.36. The second kappa shape index (κ2) is 5.85. The van der Waals surface area contributed by atoms with Crippen LogP contribution in [0.15, 0.2) is 24.3 Å². The lowest BCUT2D eigenvalue weighted by molar-refractivity contribution is 0.197. The van der Waals surface area contributed by atoms with Crippen molar-refractivity contribution in [3.05, 3.63) is 34.9 Å². The van der Waals surface area contributed by atoms with E-state index in [1.54, 1.807) is 0 Å². The molecule has 0 spiro atoms. The summed E-state index contributed by atoms with van der Waals surface area (Å²) in [6.45, 7) is 7.55. The van der Waals surface area contributed by atoms with Crippen molar-refractivity contribution in [2.24, 2.45) is 0 Å². The van der Waals surface area contributed by atoms with E-state index >= 15 is 0 Å². The first-order valence-electron chi connectivity index (χ1n) is 6.01. The molecule has 2 nitrogen and oxygen atoms in total. The van der Waals surface area contributed by atoms with Gasteiger partial charge in [-0.25, -0.2) is 0 Å². The lowest BCUT2D eigenvalue weighted by atomic mass is 10.0. The molecular formula is C14H23ClN2. The number of nitrogens with one attached hydrogen (secondary N) is 1. The molecule has 1 unspecified atom stereocenters. The van der Waals surface area contributed by atoms with E-state index in [1.165, 1.54) is 5.56 Å². The predicted molar refractivity (Wildman–Crippen MR) is 75.6 cm³/mol. The first kappa shape index (κ1) is 14.5. The van der Waals surface area contributed by atoms with Crippen LogP contribution in [0.5, 0.6) is 0 Å². The fourth-order valence-corrected chi connectivity index (χ4v) is 2.18. The van der Waals surface area contributed by atoms with Gasteiger partial charge in [-0.2, -0.15) is 0 Å². The van der Waals surface area contributed by atoms with Gasteiger partial charge in [-0.3, -0.25) is 4.90 Å². The molecule has 1 aromatic rings. The van der Waals surface area contributed by atoms with E-state index in [4.69, 9.17) is 11.6 Å². The van der Waals surface area contributed by atoms with Crippen molar-refractivity contribution < 1.29 is 0 Å². The van der Waals surface area contributed by atoms with Crippen molar-refractivity contribution in [2.75, 3.05) is 20.6 Å². The fourth-order valence-electron chi connectivity index (χ4n) is 1.89. The molecule has 3 heteroatoms. The Morgan fingerprint density at radius 2 is 1.94 bits per heavy atom. The molecule has 17 heavy (non-hydrogen) atoms. The van der Waals surface area contributed by atoms with Gasteiger partial charge in [0.15, 0.2) is 0 Å². The summed E-state index contributed by atoms with van der Waals surface area (Å²) < 4.78 is 0. The average molecular weight is 255 g/mol. The summed E-state index contributed by atoms with van der Waals surface area (Å²) in [4.78, 5) is 2.32. The van der Waals surface area contributed by atoms with Crippen LogP contribution in [0.2, 0.25) is 5.02 Å². The monoisotopic (exact) mass is 254 g/mol. The highest BCUT2D eigenvalue weighted by atomic mass is 35.5. The van der Waals surface area contributed by atoms with Crippen molar-refractivity contribution in [1.82, 2.24) is 10.2 Å². The smallest absolute Gasteiger partial charge is 0.0453 e. The Labute approximate surface area is 110 Å². The third kappa shape index (κ3) is 3.98. The highest BCUT2D eigenvalue weighted by Gasteiger charge is 2.22. The number of benzene rings is 1. The fraction of sp³-hybridized carbons (Fsp3) is 0.571. The summed E-state index contributed by atoms with van der Waals surface area (Å²) in [7, 11) is 4.13. The van der Waals surface area contributed by atoms with Gasteiger partial charge in [0.05, 0.1) is 0 Å². The molecule has 0 saturated heterocycles. The van der Waals surface area contributed by atoms with E-state index in [9.17, 15) is 0 Å². The Morgan fingerprint density at radius 1 is 1.35 bits per heavy atom. The highest BCUT2D eigenvalue weighted by molar-refractivity contribution is 6.31. The van der Waals surface area contributed by atoms with Gasteiger partial charge in [0.2, 0.25) is 0 Å². The lowest BCUT2D eigenvalue weighted by Gasteiger charge is -2.34. The van der Waals surface area contributed by atoms with Crippen molar-refractivity contribution >= 4 is 11.6 Å². The second-order valence-corrected chi connectivity index (χ2v) is 5.65. The first-order valence-corrected chi connectivity index (χ1v) is 6.39. The van der Waals surface area contributed by atoms with E-state index in [2.05, 4.69) is 44.1 Å². The molecule has 0 saturated carbocycles. The number of likely N-dealkylation sites (N-methyl/N-ethyl adjacent to an activating group) is 2. The zero-order valence-electron chi connectivity index (χ0n) is 11.4. The molecular weight excluding hydrogens is 232 g/mol. The van der Waals surface area contributed by atoms with Crippen LogP contribution < -0.4 is 5.32 Å². The summed E-state index contributed by atoms with van der Waals surface area (Å²) in [5.41, 5.74) is 1.29. The van der Waals surface area contributed by atoms with E-state index in [1.807, 2.05) is 25.2 Å². The van der Waals surface area contributed by atoms with Crippen molar-refractivity contribution in [1.29, 1.82) is 0 Å². The predicted octanol–water partition coefficient (Wildman–Crippen LogP) is 3.33. The molecule has 0 aliphatic rings. The minimum absolute atomic E-state index is 0.101. The molecule has 0 aromatic heterocycles. The van der Waals surface area contributed by atoms with Crippen LogP contribution in [-0.2, 0) is 0 Å². The minimum atomic E-state index is 0.101. The number of hydrogen-bond acceptors (Lipinski definition) is 2. The van der Waals surface area contributed by atoms with Gasteiger partial charge in [0.25, 0.3) is 0 Å². The second-order valence-electron chi connectivity index (χ2n) is 5.25. The van der Waals surface area contributed by atoms with Gasteiger partial charge >= 0.3 is 0 Å². The Kier molecular flexibility index (Phi) is 4.99. The van der Waals surface area contributed by atoms with E-state index in [0.717, 1.165) is 11.6 Å². The molecule has 1 atom stereocenters. The largest absolute Gasteiger partial charge is 0.314 e. The Bertz CT molecular complexity index is 363. The topological polar surface area (TPSA) is 15.3 Å². The van der Waals surface area contributed by atoms with Crippen LogP contribution >= 0.6 is 11.6 Å². The van der Waals surface area contributed by atoms with Crippen LogP contribution in [0, 0.1) is 0 Å². The molecule has 1 N–H and O–H groups in total. The number of hydrogen-bond donors (Lipinski definition) is 1. The van der Waals surface area contributed by atoms with E-state index in [-0.39, 0.29) is 5.54 Å². The zero-order valence-corrected chi connectivity index (χ0v) is 12.2. The maximum atomic E-state index is 6.23. The summed E-state index contributed by atoms with van der Waals surface area (Å²) in [5.74, 6) is 0. The molecule has 1 rings (SSSR count). The van der Waals surface area contributed by atoms with Gasteiger partial charge in [-0.05, 0) is 46.5 Å². The SMILES string of the molecule is CNC(C)(C)CN(C)C(C)c1ccccc1Cl. The van der Waals surface area contributed by atoms with Crippen LogP contribution in [-0.4, -0.2) is 31.1 Å². The third-order valence-electron chi connectivity index (χ3n) is 3.34. The Balaban J connectivity index is 2.77. The standard InChI is InChI=1S/C14H23ClN2/c1-11(12-8-6-7-9-13(12)15)17(5)10-14(2,3)16-4/h6-9,11,16H,10H2,1-5H3. The molecule has 0 heterocycles. The van der Waals surface area contributed by atoms with Gasteiger partial charge in [-0.15, -0.1) is 0 Å². The van der Waals surface area contributed by atoms with Gasteiger partial charge in [0.1, 0.15) is 0 Å². The lowest BCUT2D eigenvalue weighted by Crippen LogP contribution is -2.46. The first-order chi connectivity index (χ1) is 7.87. The van der Waals surface area contributed by atoms with Gasteiger partial charge < -0.3 is 5.32 Å². The molecule has 0 fully saturated rings. The normalized spacial score (nSPS) is 14.1. The van der Waals surface area contributed by atoms with Crippen molar-refractivity contribution in [2.45, 2.75) is 32.4 Å². The van der Waals surface area contributed by atoms with Gasteiger partial charge in [-0.1, -0.05) is 29.8 Å². The maximum Gasteiger partial charge on any atom is 0.0453 e. The molecule has 0 bridgehead atoms. The van der Waals surface area contributed by atoms with Crippen LogP contribution in [0.3, 0.4) is 0 Å². The number of halogens is 1. The quantitative estimate of drug-likeness (QED) is 0.867. The number of nitrogens with zero attached hydrogens (tertiary/aromatic N) is 1. The van der Waals surface area contributed by atoms with Crippen LogP contribution in [0.1, 0.15) is 32.4 Å². The molecule has 0 radical (unpaired) electrons. The molecule has 0 aliphatic heterocycles. The maximum absolute atomic E-state index is 6.23. The molecule has 1 aromatic carbocycles. The van der Waals surface area contributed by atoms with Crippen LogP contribution in [0.25, 0.3) is 0 Å². The number of rotatable bonds is 5. The van der Waals surface area contributed by atoms with Gasteiger partial charge in [0, 0.05) is 23.1 Å². The Morgan fingerprint density at radius 3 is 2.47 bits per heavy atom. The summed E-state index contributed by atoms with van der Waals surface area (Å²) in [5, 5.41) is 4.16. The van der Waals surface area contributed by atoms with E-state index in [0.29, 0.717) is 6.04 Å². The minimum Gasteiger partial charge on any atom is -0.314 e. The van der Waals surface area contributed by atoms with Crippen molar-refractivity contribution in [3.63, 3.8) is 0 Å². The highest BCUT2D eigenvalue weighted by Crippen LogP contribution is 2.26. The summed E-state index contributed by atoms with van der Waals surface area (Å²) in [6.07, 6.45) is 0. The van der Waals surface area contributed by atoms with Crippen molar-refractivity contribution in [3.8, 4) is 0 Å². The molecule has 0 aliphatic carbocycles. The molecule has 0 amide bonds.